The van der Waals surface area contributed by atoms with E-state index in [1.165, 1.54) is 6.92 Å². The number of ether oxygens (including phenoxy) is 1. The van der Waals surface area contributed by atoms with Crippen molar-refractivity contribution in [3.8, 4) is 5.75 Å². The molecule has 1 fully saturated rings. The fraction of sp³-hybridized carbons (Fsp3) is 0.556. The highest BCUT2D eigenvalue weighted by Gasteiger charge is 2.35. The first-order chi connectivity index (χ1) is 10.5. The Labute approximate surface area is 132 Å². The number of amides is 1. The molecule has 1 aliphatic heterocycles. The Bertz CT molecular complexity index is 555. The van der Waals surface area contributed by atoms with Crippen LogP contribution < -0.4 is 4.74 Å². The van der Waals surface area contributed by atoms with Crippen molar-refractivity contribution in [2.45, 2.75) is 51.9 Å². The molecule has 0 saturated carbocycles. The van der Waals surface area contributed by atoms with Crippen LogP contribution in [0.2, 0.25) is 0 Å². The summed E-state index contributed by atoms with van der Waals surface area (Å²) in [5, 5.41) is 0. The lowest BCUT2D eigenvalue weighted by molar-refractivity contribution is -0.132. The van der Waals surface area contributed by atoms with Gasteiger partial charge < -0.3 is 9.64 Å². The van der Waals surface area contributed by atoms with Crippen LogP contribution >= 0.6 is 0 Å². The van der Waals surface area contributed by atoms with Gasteiger partial charge in [0.15, 0.2) is 0 Å². The zero-order chi connectivity index (χ0) is 16.2. The van der Waals surface area contributed by atoms with Gasteiger partial charge in [-0.25, -0.2) is 0 Å². The third-order valence-corrected chi connectivity index (χ3v) is 4.66. The van der Waals surface area contributed by atoms with Gasteiger partial charge in [-0.2, -0.15) is 0 Å². The molecule has 0 spiro atoms. The van der Waals surface area contributed by atoms with Crippen molar-refractivity contribution >= 4 is 11.9 Å². The maximum Gasteiger partial charge on any atom is 0.308 e. The Kier molecular flexibility index (Phi) is 5.22. The maximum atomic E-state index is 11.9. The summed E-state index contributed by atoms with van der Waals surface area (Å²) in [6.07, 6.45) is 4.16. The minimum Gasteiger partial charge on any atom is -0.427 e. The fourth-order valence-electron chi connectivity index (χ4n) is 3.34. The van der Waals surface area contributed by atoms with Crippen molar-refractivity contribution in [2.24, 2.45) is 0 Å². The molecule has 4 heteroatoms. The Morgan fingerprint density at radius 3 is 2.68 bits per heavy atom. The van der Waals surface area contributed by atoms with Crippen LogP contribution in [0, 0.1) is 0 Å². The summed E-state index contributed by atoms with van der Waals surface area (Å²) in [5.41, 5.74) is 1.10. The van der Waals surface area contributed by atoms with Gasteiger partial charge in [-0.1, -0.05) is 25.5 Å². The van der Waals surface area contributed by atoms with Crippen LogP contribution in [0.15, 0.2) is 24.3 Å². The molecule has 0 aromatic heterocycles. The lowest BCUT2D eigenvalue weighted by Crippen LogP contribution is -2.41. The van der Waals surface area contributed by atoms with E-state index < -0.39 is 0 Å². The summed E-state index contributed by atoms with van der Waals surface area (Å²) in [4.78, 5) is 25.0. The van der Waals surface area contributed by atoms with E-state index in [0.717, 1.165) is 44.3 Å². The molecule has 1 aliphatic rings. The third-order valence-electron chi connectivity index (χ3n) is 4.66. The highest BCUT2D eigenvalue weighted by Crippen LogP contribution is 2.38. The molecule has 2 rings (SSSR count). The summed E-state index contributed by atoms with van der Waals surface area (Å²) in [6, 6.07) is 7.76. The molecule has 1 amide bonds. The van der Waals surface area contributed by atoms with E-state index in [9.17, 15) is 9.59 Å². The van der Waals surface area contributed by atoms with Gasteiger partial charge in [-0.15, -0.1) is 0 Å². The Morgan fingerprint density at radius 2 is 2.05 bits per heavy atom. The second kappa shape index (κ2) is 6.95. The van der Waals surface area contributed by atoms with E-state index >= 15 is 0 Å². The van der Waals surface area contributed by atoms with Crippen molar-refractivity contribution in [3.63, 3.8) is 0 Å². The molecule has 1 aromatic carbocycles. The van der Waals surface area contributed by atoms with Crippen LogP contribution in [0.25, 0.3) is 0 Å². The SMILES string of the molecule is CCC1(c2cccc(OC(C)=O)c2)CCCCN(C(C)=O)C1. The number of nitrogens with zero attached hydrogens (tertiary/aromatic N) is 1. The molecule has 22 heavy (non-hydrogen) atoms. The van der Waals surface area contributed by atoms with E-state index in [1.807, 2.05) is 17.0 Å². The minimum absolute atomic E-state index is 0.0572. The number of likely N-dealkylation sites (tertiary alicyclic amines) is 1. The first-order valence-electron chi connectivity index (χ1n) is 8.01. The minimum atomic E-state index is -0.311. The molecular weight excluding hydrogens is 278 g/mol. The molecule has 1 aromatic rings. The van der Waals surface area contributed by atoms with E-state index in [4.69, 9.17) is 4.74 Å². The van der Waals surface area contributed by atoms with Crippen LogP contribution in [-0.2, 0) is 15.0 Å². The summed E-state index contributed by atoms with van der Waals surface area (Å²) in [7, 11) is 0. The van der Waals surface area contributed by atoms with Crippen molar-refractivity contribution < 1.29 is 14.3 Å². The Hall–Kier alpha value is -1.84. The monoisotopic (exact) mass is 303 g/mol. The molecule has 1 saturated heterocycles. The molecule has 1 unspecified atom stereocenters. The van der Waals surface area contributed by atoms with Gasteiger partial charge in [0.05, 0.1) is 0 Å². The average Bonchev–Trinajstić information content (AvgIpc) is 2.70. The van der Waals surface area contributed by atoms with Gasteiger partial charge >= 0.3 is 5.97 Å². The number of hydrogen-bond acceptors (Lipinski definition) is 3. The fourth-order valence-corrected chi connectivity index (χ4v) is 3.34. The van der Waals surface area contributed by atoms with Gasteiger partial charge in [-0.3, -0.25) is 9.59 Å². The number of carbonyl (C=O) groups excluding carboxylic acids is 2. The Balaban J connectivity index is 2.35. The quantitative estimate of drug-likeness (QED) is 0.636. The standard InChI is InChI=1S/C18H25NO3/c1-4-18(10-5-6-11-19(13-18)14(2)20)16-8-7-9-17(12-16)22-15(3)21/h7-9,12H,4-6,10-11,13H2,1-3H3. The normalized spacial score (nSPS) is 22.0. The molecule has 0 bridgehead atoms. The molecular formula is C18H25NO3. The molecule has 0 N–H and O–H groups in total. The first-order valence-corrected chi connectivity index (χ1v) is 8.01. The first kappa shape index (κ1) is 16.5. The van der Waals surface area contributed by atoms with Gasteiger partial charge in [0, 0.05) is 32.4 Å². The lowest BCUT2D eigenvalue weighted by atomic mass is 9.74. The van der Waals surface area contributed by atoms with Gasteiger partial charge in [0.2, 0.25) is 5.91 Å². The van der Waals surface area contributed by atoms with E-state index in [0.29, 0.717) is 5.75 Å². The van der Waals surface area contributed by atoms with Crippen molar-refractivity contribution in [1.82, 2.24) is 4.90 Å². The maximum absolute atomic E-state index is 11.9. The van der Waals surface area contributed by atoms with E-state index in [1.54, 1.807) is 13.0 Å². The van der Waals surface area contributed by atoms with E-state index in [-0.39, 0.29) is 17.3 Å². The molecule has 0 aliphatic carbocycles. The number of benzene rings is 1. The topological polar surface area (TPSA) is 46.6 Å². The summed E-state index contributed by atoms with van der Waals surface area (Å²) in [6.45, 7) is 6.79. The molecule has 4 nitrogen and oxygen atoms in total. The Morgan fingerprint density at radius 1 is 1.27 bits per heavy atom. The molecule has 0 radical (unpaired) electrons. The molecule has 1 atom stereocenters. The second-order valence-corrected chi connectivity index (χ2v) is 6.15. The highest BCUT2D eigenvalue weighted by atomic mass is 16.5. The predicted octanol–water partition coefficient (Wildman–Crippen LogP) is 3.29. The van der Waals surface area contributed by atoms with Crippen LogP contribution in [0.3, 0.4) is 0 Å². The number of esters is 1. The van der Waals surface area contributed by atoms with E-state index in [2.05, 4.69) is 13.0 Å². The lowest BCUT2D eigenvalue weighted by Gasteiger charge is -2.36. The third kappa shape index (κ3) is 3.67. The zero-order valence-electron chi connectivity index (χ0n) is 13.7. The summed E-state index contributed by atoms with van der Waals surface area (Å²) >= 11 is 0. The number of carbonyl (C=O) groups is 2. The van der Waals surface area contributed by atoms with Crippen LogP contribution in [-0.4, -0.2) is 29.9 Å². The van der Waals surface area contributed by atoms with Crippen molar-refractivity contribution in [3.05, 3.63) is 29.8 Å². The van der Waals surface area contributed by atoms with Crippen molar-refractivity contribution in [1.29, 1.82) is 0 Å². The number of rotatable bonds is 3. The second-order valence-electron chi connectivity index (χ2n) is 6.15. The van der Waals surface area contributed by atoms with Crippen LogP contribution in [0.5, 0.6) is 5.75 Å². The van der Waals surface area contributed by atoms with Crippen LogP contribution in [0.1, 0.15) is 52.0 Å². The van der Waals surface area contributed by atoms with Crippen molar-refractivity contribution in [2.75, 3.05) is 13.1 Å². The summed E-state index contributed by atoms with van der Waals surface area (Å²) < 4.78 is 5.22. The molecule has 1 heterocycles. The van der Waals surface area contributed by atoms with Gasteiger partial charge in [0.25, 0.3) is 0 Å². The van der Waals surface area contributed by atoms with Gasteiger partial charge in [0.1, 0.15) is 5.75 Å². The number of hydrogen-bond donors (Lipinski definition) is 0. The predicted molar refractivity (Wildman–Crippen MR) is 85.8 cm³/mol. The molecule has 120 valence electrons. The summed E-state index contributed by atoms with van der Waals surface area (Å²) in [5.74, 6) is 0.404. The largest absolute Gasteiger partial charge is 0.427 e. The zero-order valence-corrected chi connectivity index (χ0v) is 13.7. The average molecular weight is 303 g/mol. The van der Waals surface area contributed by atoms with Crippen LogP contribution in [0.4, 0.5) is 0 Å². The highest BCUT2D eigenvalue weighted by molar-refractivity contribution is 5.73. The smallest absolute Gasteiger partial charge is 0.308 e. The van der Waals surface area contributed by atoms with Gasteiger partial charge in [-0.05, 0) is 37.0 Å².